The molecule has 2 amide bonds. The summed E-state index contributed by atoms with van der Waals surface area (Å²) in [5.74, 6) is 0.385. The highest BCUT2D eigenvalue weighted by atomic mass is 32.2. The van der Waals surface area contributed by atoms with E-state index in [1.54, 1.807) is 16.2 Å². The van der Waals surface area contributed by atoms with Crippen molar-refractivity contribution in [3.05, 3.63) is 35.3 Å². The summed E-state index contributed by atoms with van der Waals surface area (Å²) in [6, 6.07) is 7.43. The van der Waals surface area contributed by atoms with Gasteiger partial charge in [0.25, 0.3) is 0 Å². The van der Waals surface area contributed by atoms with E-state index in [1.807, 2.05) is 36.6 Å². The largest absolute Gasteiger partial charge is 0.325 e. The van der Waals surface area contributed by atoms with Crippen molar-refractivity contribution in [3.63, 3.8) is 0 Å². The Kier molecular flexibility index (Phi) is 4.97. The average molecular weight is 347 g/mol. The highest BCUT2D eigenvalue weighted by Crippen LogP contribution is 2.25. The Bertz CT molecular complexity index is 730. The van der Waals surface area contributed by atoms with Gasteiger partial charge in [-0.1, -0.05) is 17.8 Å². The molecule has 1 aliphatic heterocycles. The SMILES string of the molecule is Cc1csc(SCC(=O)Nc2cccc(N3CCCC3=O)c2)n1. The summed E-state index contributed by atoms with van der Waals surface area (Å²) < 4.78 is 0.897. The number of hydrogen-bond donors (Lipinski definition) is 1. The minimum absolute atomic E-state index is 0.0762. The molecule has 0 unspecified atom stereocenters. The molecule has 1 aliphatic rings. The average Bonchev–Trinajstić information content (AvgIpc) is 3.14. The van der Waals surface area contributed by atoms with Crippen molar-refractivity contribution in [2.24, 2.45) is 0 Å². The van der Waals surface area contributed by atoms with Crippen LogP contribution >= 0.6 is 23.1 Å². The topological polar surface area (TPSA) is 62.3 Å². The molecule has 0 radical (unpaired) electrons. The van der Waals surface area contributed by atoms with Crippen LogP contribution in [0.5, 0.6) is 0 Å². The number of nitrogens with zero attached hydrogens (tertiary/aromatic N) is 2. The summed E-state index contributed by atoms with van der Waals surface area (Å²) in [6.45, 7) is 2.68. The van der Waals surface area contributed by atoms with Gasteiger partial charge in [0.05, 0.1) is 5.75 Å². The van der Waals surface area contributed by atoms with Crippen LogP contribution in [0, 0.1) is 6.92 Å². The van der Waals surface area contributed by atoms with E-state index in [-0.39, 0.29) is 11.8 Å². The first-order chi connectivity index (χ1) is 11.1. The van der Waals surface area contributed by atoms with Gasteiger partial charge in [-0.05, 0) is 31.5 Å². The lowest BCUT2D eigenvalue weighted by atomic mass is 10.2. The van der Waals surface area contributed by atoms with Gasteiger partial charge in [-0.3, -0.25) is 9.59 Å². The molecule has 1 aromatic heterocycles. The van der Waals surface area contributed by atoms with Crippen molar-refractivity contribution in [1.82, 2.24) is 4.98 Å². The Morgan fingerprint density at radius 3 is 3.04 bits per heavy atom. The maximum Gasteiger partial charge on any atom is 0.234 e. The summed E-state index contributed by atoms with van der Waals surface area (Å²) in [5, 5.41) is 4.85. The smallest absolute Gasteiger partial charge is 0.234 e. The molecule has 0 bridgehead atoms. The molecule has 0 aliphatic carbocycles. The van der Waals surface area contributed by atoms with Gasteiger partial charge in [0.2, 0.25) is 11.8 Å². The molecular formula is C16H17N3O2S2. The van der Waals surface area contributed by atoms with Crippen LogP contribution in [-0.2, 0) is 9.59 Å². The van der Waals surface area contributed by atoms with Crippen molar-refractivity contribution in [2.75, 3.05) is 22.5 Å². The zero-order chi connectivity index (χ0) is 16.2. The van der Waals surface area contributed by atoms with Gasteiger partial charge in [0.15, 0.2) is 4.34 Å². The Hall–Kier alpha value is -1.86. The maximum absolute atomic E-state index is 12.1. The number of carbonyl (C=O) groups is 2. The fraction of sp³-hybridized carbons (Fsp3) is 0.312. The summed E-state index contributed by atoms with van der Waals surface area (Å²) in [4.78, 5) is 29.9. The number of carbonyl (C=O) groups excluding carboxylic acids is 2. The highest BCUT2D eigenvalue weighted by molar-refractivity contribution is 8.01. The van der Waals surface area contributed by atoms with Gasteiger partial charge in [-0.25, -0.2) is 4.98 Å². The van der Waals surface area contributed by atoms with E-state index in [2.05, 4.69) is 10.3 Å². The molecule has 1 aromatic carbocycles. The molecule has 1 fully saturated rings. The Balaban J connectivity index is 1.59. The standard InChI is InChI=1S/C16H17N3O2S2/c1-11-9-22-16(17-11)23-10-14(20)18-12-4-2-5-13(8-12)19-7-3-6-15(19)21/h2,4-5,8-9H,3,6-7,10H2,1H3,(H,18,20). The normalized spacial score (nSPS) is 14.3. The lowest BCUT2D eigenvalue weighted by Gasteiger charge is -2.16. The maximum atomic E-state index is 12.1. The second kappa shape index (κ2) is 7.14. The third kappa shape index (κ3) is 4.11. The molecule has 3 rings (SSSR count). The number of hydrogen-bond acceptors (Lipinski definition) is 5. The van der Waals surface area contributed by atoms with Crippen LogP contribution in [0.4, 0.5) is 11.4 Å². The number of thiazole rings is 1. The summed E-state index contributed by atoms with van der Waals surface area (Å²) in [5.41, 5.74) is 2.53. The number of benzene rings is 1. The van der Waals surface area contributed by atoms with Gasteiger partial charge in [-0.2, -0.15) is 0 Å². The van der Waals surface area contributed by atoms with Crippen LogP contribution in [-0.4, -0.2) is 29.1 Å². The van der Waals surface area contributed by atoms with E-state index in [1.165, 1.54) is 11.8 Å². The third-order valence-corrected chi connectivity index (χ3v) is 5.58. The van der Waals surface area contributed by atoms with E-state index in [4.69, 9.17) is 0 Å². The van der Waals surface area contributed by atoms with Crippen LogP contribution in [0.2, 0.25) is 0 Å². The number of anilines is 2. The quantitative estimate of drug-likeness (QED) is 0.843. The summed E-state index contributed by atoms with van der Waals surface area (Å²) in [6.07, 6.45) is 1.49. The lowest BCUT2D eigenvalue weighted by Crippen LogP contribution is -2.23. The van der Waals surface area contributed by atoms with Crippen LogP contribution < -0.4 is 10.2 Å². The van der Waals surface area contributed by atoms with Gasteiger partial charge in [-0.15, -0.1) is 11.3 Å². The Labute approximate surface area is 143 Å². The Morgan fingerprint density at radius 1 is 1.48 bits per heavy atom. The van der Waals surface area contributed by atoms with Crippen molar-refractivity contribution >= 4 is 46.3 Å². The van der Waals surface area contributed by atoms with E-state index in [0.29, 0.717) is 17.9 Å². The second-order valence-corrected chi connectivity index (χ2v) is 7.37. The molecule has 1 saturated heterocycles. The zero-order valence-electron chi connectivity index (χ0n) is 12.7. The number of thioether (sulfide) groups is 1. The number of aromatic nitrogens is 1. The molecule has 5 nitrogen and oxygen atoms in total. The second-order valence-electron chi connectivity index (χ2n) is 5.29. The predicted molar refractivity (Wildman–Crippen MR) is 94.2 cm³/mol. The number of aryl methyl sites for hydroxylation is 1. The zero-order valence-corrected chi connectivity index (χ0v) is 14.4. The highest BCUT2D eigenvalue weighted by Gasteiger charge is 2.21. The molecule has 0 atom stereocenters. The van der Waals surface area contributed by atoms with E-state index < -0.39 is 0 Å². The van der Waals surface area contributed by atoms with Gasteiger partial charge < -0.3 is 10.2 Å². The van der Waals surface area contributed by atoms with E-state index in [9.17, 15) is 9.59 Å². The Morgan fingerprint density at radius 2 is 2.35 bits per heavy atom. The first-order valence-corrected chi connectivity index (χ1v) is 9.23. The molecule has 0 spiro atoms. The first kappa shape index (κ1) is 16.0. The van der Waals surface area contributed by atoms with E-state index >= 15 is 0 Å². The summed E-state index contributed by atoms with van der Waals surface area (Å²) >= 11 is 2.97. The van der Waals surface area contributed by atoms with Gasteiger partial charge in [0, 0.05) is 35.4 Å². The fourth-order valence-corrected chi connectivity index (χ4v) is 4.05. The minimum Gasteiger partial charge on any atom is -0.325 e. The molecule has 23 heavy (non-hydrogen) atoms. The molecule has 7 heteroatoms. The van der Waals surface area contributed by atoms with Crippen molar-refractivity contribution in [3.8, 4) is 0 Å². The predicted octanol–water partition coefficient (Wildman–Crippen LogP) is 3.31. The summed E-state index contributed by atoms with van der Waals surface area (Å²) in [7, 11) is 0. The first-order valence-electron chi connectivity index (χ1n) is 7.37. The number of rotatable bonds is 5. The molecule has 120 valence electrons. The molecular weight excluding hydrogens is 330 g/mol. The van der Waals surface area contributed by atoms with E-state index in [0.717, 1.165) is 28.7 Å². The third-order valence-electron chi connectivity index (χ3n) is 3.44. The number of amides is 2. The van der Waals surface area contributed by atoms with Crippen LogP contribution in [0.3, 0.4) is 0 Å². The molecule has 1 N–H and O–H groups in total. The van der Waals surface area contributed by atoms with Crippen molar-refractivity contribution in [1.29, 1.82) is 0 Å². The van der Waals surface area contributed by atoms with Crippen LogP contribution in [0.1, 0.15) is 18.5 Å². The van der Waals surface area contributed by atoms with Crippen molar-refractivity contribution < 1.29 is 9.59 Å². The monoisotopic (exact) mass is 347 g/mol. The molecule has 2 heterocycles. The minimum atomic E-state index is -0.0762. The van der Waals surface area contributed by atoms with Crippen molar-refractivity contribution in [2.45, 2.75) is 24.1 Å². The van der Waals surface area contributed by atoms with Crippen LogP contribution in [0.15, 0.2) is 34.0 Å². The molecule has 0 saturated carbocycles. The van der Waals surface area contributed by atoms with Gasteiger partial charge in [0.1, 0.15) is 0 Å². The van der Waals surface area contributed by atoms with Gasteiger partial charge >= 0.3 is 0 Å². The number of nitrogens with one attached hydrogen (secondary N) is 1. The fourth-order valence-electron chi connectivity index (χ4n) is 2.40. The molecule has 2 aromatic rings. The lowest BCUT2D eigenvalue weighted by molar-refractivity contribution is -0.117. The van der Waals surface area contributed by atoms with Crippen LogP contribution in [0.25, 0.3) is 0 Å².